The topological polar surface area (TPSA) is 49.4 Å². The zero-order chi connectivity index (χ0) is 14.5. The SMILES string of the molecule is CC(=O)N1CCC(C(=O)NCCc2cccc(C)c2)C1. The van der Waals surface area contributed by atoms with Crippen molar-refractivity contribution >= 4 is 11.8 Å². The lowest BCUT2D eigenvalue weighted by atomic mass is 10.1. The summed E-state index contributed by atoms with van der Waals surface area (Å²) in [6, 6.07) is 8.32. The number of carbonyl (C=O) groups is 2. The van der Waals surface area contributed by atoms with Crippen LogP contribution in [0.4, 0.5) is 0 Å². The van der Waals surface area contributed by atoms with Crippen molar-refractivity contribution in [2.75, 3.05) is 19.6 Å². The lowest BCUT2D eigenvalue weighted by Crippen LogP contribution is -2.34. The molecule has 0 radical (unpaired) electrons. The maximum atomic E-state index is 12.0. The Balaban J connectivity index is 1.75. The van der Waals surface area contributed by atoms with Crippen LogP contribution >= 0.6 is 0 Å². The van der Waals surface area contributed by atoms with Gasteiger partial charge in [0.25, 0.3) is 0 Å². The molecule has 1 heterocycles. The van der Waals surface area contributed by atoms with Crippen LogP contribution in [0.3, 0.4) is 0 Å². The van der Waals surface area contributed by atoms with E-state index in [-0.39, 0.29) is 17.7 Å². The molecule has 1 aromatic carbocycles. The monoisotopic (exact) mass is 274 g/mol. The molecule has 20 heavy (non-hydrogen) atoms. The highest BCUT2D eigenvalue weighted by Crippen LogP contribution is 2.16. The minimum absolute atomic E-state index is 0.0450. The van der Waals surface area contributed by atoms with Crippen LogP contribution in [0.15, 0.2) is 24.3 Å². The van der Waals surface area contributed by atoms with Crippen molar-refractivity contribution in [2.45, 2.75) is 26.7 Å². The molecule has 108 valence electrons. The van der Waals surface area contributed by atoms with Gasteiger partial charge in [0, 0.05) is 26.6 Å². The lowest BCUT2D eigenvalue weighted by molar-refractivity contribution is -0.128. The van der Waals surface area contributed by atoms with Gasteiger partial charge in [-0.2, -0.15) is 0 Å². The molecule has 0 spiro atoms. The van der Waals surface area contributed by atoms with Crippen LogP contribution in [-0.4, -0.2) is 36.3 Å². The maximum Gasteiger partial charge on any atom is 0.224 e. The Labute approximate surface area is 120 Å². The average Bonchev–Trinajstić information content (AvgIpc) is 2.88. The summed E-state index contributed by atoms with van der Waals surface area (Å²) in [6.07, 6.45) is 1.62. The van der Waals surface area contributed by atoms with Crippen LogP contribution in [-0.2, 0) is 16.0 Å². The van der Waals surface area contributed by atoms with E-state index in [2.05, 4.69) is 30.4 Å². The molecule has 2 rings (SSSR count). The summed E-state index contributed by atoms with van der Waals surface area (Å²) >= 11 is 0. The number of hydrogen-bond donors (Lipinski definition) is 1. The Morgan fingerprint density at radius 3 is 2.85 bits per heavy atom. The first-order chi connectivity index (χ1) is 9.56. The molecule has 1 saturated heterocycles. The van der Waals surface area contributed by atoms with Crippen LogP contribution in [0.2, 0.25) is 0 Å². The number of amides is 2. The fraction of sp³-hybridized carbons (Fsp3) is 0.500. The molecule has 1 aliphatic heterocycles. The van der Waals surface area contributed by atoms with Crippen molar-refractivity contribution in [1.29, 1.82) is 0 Å². The van der Waals surface area contributed by atoms with Gasteiger partial charge in [-0.15, -0.1) is 0 Å². The highest BCUT2D eigenvalue weighted by atomic mass is 16.2. The number of nitrogens with zero attached hydrogens (tertiary/aromatic N) is 1. The van der Waals surface area contributed by atoms with E-state index in [9.17, 15) is 9.59 Å². The van der Waals surface area contributed by atoms with Crippen molar-refractivity contribution in [3.8, 4) is 0 Å². The van der Waals surface area contributed by atoms with Gasteiger partial charge in [-0.05, 0) is 25.3 Å². The summed E-state index contributed by atoms with van der Waals surface area (Å²) < 4.78 is 0. The van der Waals surface area contributed by atoms with Gasteiger partial charge in [0.2, 0.25) is 11.8 Å². The van der Waals surface area contributed by atoms with Crippen LogP contribution in [0.5, 0.6) is 0 Å². The highest BCUT2D eigenvalue weighted by molar-refractivity contribution is 5.81. The van der Waals surface area contributed by atoms with E-state index in [1.54, 1.807) is 11.8 Å². The predicted molar refractivity (Wildman–Crippen MR) is 78.3 cm³/mol. The van der Waals surface area contributed by atoms with Crippen molar-refractivity contribution in [1.82, 2.24) is 10.2 Å². The fourth-order valence-electron chi connectivity index (χ4n) is 2.60. The van der Waals surface area contributed by atoms with E-state index in [1.165, 1.54) is 11.1 Å². The maximum absolute atomic E-state index is 12.0. The summed E-state index contributed by atoms with van der Waals surface area (Å²) in [5.41, 5.74) is 2.48. The molecule has 1 N–H and O–H groups in total. The zero-order valence-electron chi connectivity index (χ0n) is 12.2. The van der Waals surface area contributed by atoms with Crippen molar-refractivity contribution in [3.05, 3.63) is 35.4 Å². The number of likely N-dealkylation sites (tertiary alicyclic amines) is 1. The van der Waals surface area contributed by atoms with E-state index in [1.807, 2.05) is 6.07 Å². The molecule has 1 unspecified atom stereocenters. The molecule has 4 heteroatoms. The predicted octanol–water partition coefficient (Wildman–Crippen LogP) is 1.52. The van der Waals surface area contributed by atoms with Crippen LogP contribution < -0.4 is 5.32 Å². The number of hydrogen-bond acceptors (Lipinski definition) is 2. The number of nitrogens with one attached hydrogen (secondary N) is 1. The largest absolute Gasteiger partial charge is 0.355 e. The summed E-state index contributed by atoms with van der Waals surface area (Å²) in [5.74, 6) is 0.0814. The Bertz CT molecular complexity index is 499. The van der Waals surface area contributed by atoms with E-state index < -0.39 is 0 Å². The molecule has 4 nitrogen and oxygen atoms in total. The van der Waals surface area contributed by atoms with Crippen molar-refractivity contribution in [2.24, 2.45) is 5.92 Å². The Hall–Kier alpha value is -1.84. The zero-order valence-corrected chi connectivity index (χ0v) is 12.2. The Kier molecular flexibility index (Phi) is 4.77. The molecule has 0 aliphatic carbocycles. The van der Waals surface area contributed by atoms with Gasteiger partial charge in [-0.3, -0.25) is 9.59 Å². The van der Waals surface area contributed by atoms with Gasteiger partial charge in [0.15, 0.2) is 0 Å². The van der Waals surface area contributed by atoms with Crippen LogP contribution in [0.1, 0.15) is 24.5 Å². The second-order valence-electron chi connectivity index (χ2n) is 5.48. The first-order valence-electron chi connectivity index (χ1n) is 7.15. The molecular weight excluding hydrogens is 252 g/mol. The fourth-order valence-corrected chi connectivity index (χ4v) is 2.60. The smallest absolute Gasteiger partial charge is 0.224 e. The summed E-state index contributed by atoms with van der Waals surface area (Å²) in [6.45, 7) is 5.53. The molecule has 0 aromatic heterocycles. The first kappa shape index (κ1) is 14.6. The van der Waals surface area contributed by atoms with Gasteiger partial charge < -0.3 is 10.2 Å². The van der Waals surface area contributed by atoms with E-state index in [0.717, 1.165) is 12.8 Å². The Morgan fingerprint density at radius 2 is 2.20 bits per heavy atom. The quantitative estimate of drug-likeness (QED) is 0.905. The minimum Gasteiger partial charge on any atom is -0.355 e. The number of benzene rings is 1. The summed E-state index contributed by atoms with van der Waals surface area (Å²) in [5, 5.41) is 2.98. The lowest BCUT2D eigenvalue weighted by Gasteiger charge is -2.14. The van der Waals surface area contributed by atoms with Gasteiger partial charge in [-0.1, -0.05) is 29.8 Å². The van der Waals surface area contributed by atoms with Crippen LogP contribution in [0, 0.1) is 12.8 Å². The summed E-state index contributed by atoms with van der Waals surface area (Å²) in [4.78, 5) is 25.0. The third-order valence-electron chi connectivity index (χ3n) is 3.80. The molecule has 2 amide bonds. The standard InChI is InChI=1S/C16H22N2O2/c1-12-4-3-5-14(10-12)6-8-17-16(20)15-7-9-18(11-15)13(2)19/h3-5,10,15H,6-9,11H2,1-2H3,(H,17,20). The average molecular weight is 274 g/mol. The number of carbonyl (C=O) groups excluding carboxylic acids is 2. The van der Waals surface area contributed by atoms with Gasteiger partial charge in [0.1, 0.15) is 0 Å². The molecule has 0 bridgehead atoms. The molecular formula is C16H22N2O2. The van der Waals surface area contributed by atoms with Crippen LogP contribution in [0.25, 0.3) is 0 Å². The highest BCUT2D eigenvalue weighted by Gasteiger charge is 2.29. The molecule has 1 atom stereocenters. The van der Waals surface area contributed by atoms with E-state index >= 15 is 0 Å². The normalized spacial score (nSPS) is 18.1. The molecule has 1 aliphatic rings. The Morgan fingerprint density at radius 1 is 1.40 bits per heavy atom. The van der Waals surface area contributed by atoms with E-state index in [4.69, 9.17) is 0 Å². The molecule has 0 saturated carbocycles. The van der Waals surface area contributed by atoms with Gasteiger partial charge >= 0.3 is 0 Å². The third-order valence-corrected chi connectivity index (χ3v) is 3.80. The number of rotatable bonds is 4. The van der Waals surface area contributed by atoms with Gasteiger partial charge in [-0.25, -0.2) is 0 Å². The van der Waals surface area contributed by atoms with Gasteiger partial charge in [0.05, 0.1) is 5.92 Å². The first-order valence-corrected chi connectivity index (χ1v) is 7.15. The number of aryl methyl sites for hydroxylation is 1. The third kappa shape index (κ3) is 3.83. The van der Waals surface area contributed by atoms with Crippen molar-refractivity contribution in [3.63, 3.8) is 0 Å². The second-order valence-corrected chi connectivity index (χ2v) is 5.48. The second kappa shape index (κ2) is 6.55. The van der Waals surface area contributed by atoms with Crippen molar-refractivity contribution < 1.29 is 9.59 Å². The molecule has 1 fully saturated rings. The minimum atomic E-state index is -0.0450. The molecule has 1 aromatic rings. The summed E-state index contributed by atoms with van der Waals surface area (Å²) in [7, 11) is 0. The van der Waals surface area contributed by atoms with E-state index in [0.29, 0.717) is 19.6 Å².